The molecule has 0 atom stereocenters. The summed E-state index contributed by atoms with van der Waals surface area (Å²) in [6, 6.07) is 42.6. The SMILES string of the molecule is OB(O)c1ccccc1-c1c2nc(c(-c3ccccc3B(O)O)c3ccc([nH]3)c(-c3ccccc3)c3nc(c(-c4ccccc4)c4ccc1[nH]4)C=C3)C=C2. The van der Waals surface area contributed by atoms with Gasteiger partial charge in [0.25, 0.3) is 0 Å². The number of H-pyrrole nitrogens is 2. The van der Waals surface area contributed by atoms with Gasteiger partial charge in [0.2, 0.25) is 0 Å². The predicted molar refractivity (Wildman–Crippen MR) is 220 cm³/mol. The molecule has 10 heteroatoms. The molecule has 0 radical (unpaired) electrons. The molecular formula is C44H32B2N4O4. The number of hydrogen-bond acceptors (Lipinski definition) is 6. The summed E-state index contributed by atoms with van der Waals surface area (Å²) in [7, 11) is -3.47. The molecule has 0 fully saturated rings. The van der Waals surface area contributed by atoms with Gasteiger partial charge in [-0.05, 0) is 81.7 Å². The summed E-state index contributed by atoms with van der Waals surface area (Å²) >= 11 is 0. The summed E-state index contributed by atoms with van der Waals surface area (Å²) in [4.78, 5) is 17.8. The van der Waals surface area contributed by atoms with Crippen LogP contribution in [0.5, 0.6) is 0 Å². The van der Waals surface area contributed by atoms with Crippen LogP contribution < -0.4 is 10.9 Å². The Kier molecular flexibility index (Phi) is 8.50. The minimum Gasteiger partial charge on any atom is -0.423 e. The summed E-state index contributed by atoms with van der Waals surface area (Å²) in [5.41, 5.74) is 12.7. The molecule has 0 amide bonds. The van der Waals surface area contributed by atoms with Crippen molar-refractivity contribution in [1.29, 1.82) is 0 Å². The molecule has 258 valence electrons. The number of nitrogens with one attached hydrogen (secondary N) is 2. The lowest BCUT2D eigenvalue weighted by molar-refractivity contribution is 0.424. The van der Waals surface area contributed by atoms with Crippen LogP contribution in [0.4, 0.5) is 0 Å². The molecule has 5 heterocycles. The molecule has 2 aliphatic rings. The second-order valence-corrected chi connectivity index (χ2v) is 13.2. The van der Waals surface area contributed by atoms with Gasteiger partial charge in [0.15, 0.2) is 0 Å². The molecule has 0 saturated heterocycles. The molecule has 0 spiro atoms. The Bertz CT molecular complexity index is 2610. The largest absolute Gasteiger partial charge is 0.489 e. The quantitative estimate of drug-likeness (QED) is 0.107. The third kappa shape index (κ3) is 5.89. The maximum atomic E-state index is 10.5. The zero-order valence-corrected chi connectivity index (χ0v) is 28.8. The molecule has 8 nitrogen and oxygen atoms in total. The molecule has 9 rings (SSSR count). The van der Waals surface area contributed by atoms with Gasteiger partial charge in [0, 0.05) is 44.3 Å². The molecular weight excluding hydrogens is 670 g/mol. The first-order valence-electron chi connectivity index (χ1n) is 17.6. The number of rotatable bonds is 6. The molecule has 0 unspecified atom stereocenters. The fraction of sp³-hybridized carbons (Fsp3) is 0. The zero-order chi connectivity index (χ0) is 36.8. The topological polar surface area (TPSA) is 138 Å². The Hall–Kier alpha value is -6.55. The van der Waals surface area contributed by atoms with Crippen molar-refractivity contribution in [2.45, 2.75) is 0 Å². The lowest BCUT2D eigenvalue weighted by Crippen LogP contribution is -2.31. The molecule has 3 aromatic heterocycles. The first-order chi connectivity index (χ1) is 26.4. The first-order valence-corrected chi connectivity index (χ1v) is 17.6. The van der Waals surface area contributed by atoms with Crippen LogP contribution in [0.3, 0.4) is 0 Å². The minimum absolute atomic E-state index is 0.327. The Morgan fingerprint density at radius 1 is 0.352 bits per heavy atom. The maximum Gasteiger partial charge on any atom is 0.489 e. The highest BCUT2D eigenvalue weighted by Crippen LogP contribution is 2.38. The van der Waals surface area contributed by atoms with Gasteiger partial charge in [0.05, 0.1) is 22.8 Å². The molecule has 7 aromatic rings. The number of fused-ring (bicyclic) bond motifs is 8. The van der Waals surface area contributed by atoms with Crippen LogP contribution in [0.1, 0.15) is 22.8 Å². The van der Waals surface area contributed by atoms with E-state index in [4.69, 9.17) is 9.97 Å². The van der Waals surface area contributed by atoms with E-state index in [9.17, 15) is 20.1 Å². The number of benzene rings is 4. The average Bonchev–Trinajstić information content (AvgIpc) is 4.04. The van der Waals surface area contributed by atoms with E-state index < -0.39 is 14.2 Å². The van der Waals surface area contributed by atoms with Gasteiger partial charge < -0.3 is 30.1 Å². The van der Waals surface area contributed by atoms with Crippen molar-refractivity contribution < 1.29 is 20.1 Å². The van der Waals surface area contributed by atoms with Gasteiger partial charge in [-0.25, -0.2) is 9.97 Å². The van der Waals surface area contributed by atoms with Gasteiger partial charge in [-0.2, -0.15) is 0 Å². The maximum absolute atomic E-state index is 10.5. The molecule has 4 aromatic carbocycles. The van der Waals surface area contributed by atoms with Crippen molar-refractivity contribution in [1.82, 2.24) is 19.9 Å². The molecule has 0 saturated carbocycles. The fourth-order valence-corrected chi connectivity index (χ4v) is 7.49. The van der Waals surface area contributed by atoms with E-state index in [0.717, 1.165) is 44.7 Å². The summed E-state index contributed by atoms with van der Waals surface area (Å²) in [5.74, 6) is 0. The van der Waals surface area contributed by atoms with Crippen LogP contribution in [0, 0.1) is 0 Å². The lowest BCUT2D eigenvalue weighted by Gasteiger charge is -2.11. The van der Waals surface area contributed by atoms with Gasteiger partial charge >= 0.3 is 14.2 Å². The Morgan fingerprint density at radius 2 is 0.667 bits per heavy atom. The molecule has 54 heavy (non-hydrogen) atoms. The number of aromatic nitrogens is 4. The smallest absolute Gasteiger partial charge is 0.423 e. The van der Waals surface area contributed by atoms with E-state index in [1.807, 2.05) is 109 Å². The monoisotopic (exact) mass is 702 g/mol. The van der Waals surface area contributed by atoms with Crippen molar-refractivity contribution in [3.63, 3.8) is 0 Å². The molecule has 6 N–H and O–H groups in total. The summed E-state index contributed by atoms with van der Waals surface area (Å²) < 4.78 is 0. The van der Waals surface area contributed by atoms with Crippen LogP contribution in [-0.4, -0.2) is 54.3 Å². The molecule has 8 bridgehead atoms. The first kappa shape index (κ1) is 33.3. The van der Waals surface area contributed by atoms with Crippen LogP contribution >= 0.6 is 0 Å². The second kappa shape index (κ2) is 13.8. The van der Waals surface area contributed by atoms with Crippen LogP contribution in [0.25, 0.3) is 90.9 Å². The van der Waals surface area contributed by atoms with E-state index in [2.05, 4.69) is 34.2 Å². The van der Waals surface area contributed by atoms with Crippen molar-refractivity contribution >= 4 is 71.5 Å². The third-order valence-corrected chi connectivity index (χ3v) is 9.90. The van der Waals surface area contributed by atoms with Gasteiger partial charge in [0.1, 0.15) is 0 Å². The van der Waals surface area contributed by atoms with Crippen LogP contribution in [-0.2, 0) is 0 Å². The Labute approximate surface area is 311 Å². The predicted octanol–water partition coefficient (Wildman–Crippen LogP) is 6.68. The van der Waals surface area contributed by atoms with E-state index in [0.29, 0.717) is 55.6 Å². The highest BCUT2D eigenvalue weighted by molar-refractivity contribution is 6.61. The van der Waals surface area contributed by atoms with Gasteiger partial charge in [-0.3, -0.25) is 0 Å². The van der Waals surface area contributed by atoms with Crippen molar-refractivity contribution in [2.75, 3.05) is 0 Å². The van der Waals surface area contributed by atoms with E-state index in [1.165, 1.54) is 0 Å². The standard InChI is InChI=1S/C44H32B2N4O4/c51-45(52)31-17-9-7-15-29(31)43-37-23-21-35(48-37)41(27-11-3-1-4-12-27)33-19-20-34(47-33)42(28-13-5-2-6-14-28)36-22-24-38(49-36)44(40-26-25-39(43)50-40)30-16-8-10-18-32(30)46(53)54/h1-26,48-49,51-54H. The summed E-state index contributed by atoms with van der Waals surface area (Å²) in [6.07, 6.45) is 7.87. The van der Waals surface area contributed by atoms with Crippen LogP contribution in [0.2, 0.25) is 0 Å². The Balaban J connectivity index is 1.50. The van der Waals surface area contributed by atoms with E-state index in [1.54, 1.807) is 24.3 Å². The highest BCUT2D eigenvalue weighted by Gasteiger charge is 2.24. The van der Waals surface area contributed by atoms with Crippen LogP contribution in [0.15, 0.2) is 133 Å². The minimum atomic E-state index is -1.73. The number of aromatic amines is 2. The summed E-state index contributed by atoms with van der Waals surface area (Å²) in [5, 5.41) is 42.2. The zero-order valence-electron chi connectivity index (χ0n) is 28.8. The summed E-state index contributed by atoms with van der Waals surface area (Å²) in [6.45, 7) is 0. The fourth-order valence-electron chi connectivity index (χ4n) is 7.49. The van der Waals surface area contributed by atoms with Gasteiger partial charge in [-0.15, -0.1) is 0 Å². The third-order valence-electron chi connectivity index (χ3n) is 9.90. The number of hydrogen-bond donors (Lipinski definition) is 6. The molecule has 0 aliphatic carbocycles. The van der Waals surface area contributed by atoms with Crippen molar-refractivity contribution in [2.24, 2.45) is 0 Å². The van der Waals surface area contributed by atoms with Crippen molar-refractivity contribution in [3.8, 4) is 44.5 Å². The van der Waals surface area contributed by atoms with E-state index in [-0.39, 0.29) is 0 Å². The Morgan fingerprint density at radius 3 is 1.04 bits per heavy atom. The van der Waals surface area contributed by atoms with Gasteiger partial charge in [-0.1, -0.05) is 109 Å². The average molecular weight is 702 g/mol. The second-order valence-electron chi connectivity index (χ2n) is 13.2. The lowest BCUT2D eigenvalue weighted by atomic mass is 9.75. The van der Waals surface area contributed by atoms with E-state index >= 15 is 0 Å². The van der Waals surface area contributed by atoms with Crippen molar-refractivity contribution in [3.05, 3.63) is 156 Å². The number of nitrogens with zero attached hydrogens (tertiary/aromatic N) is 2. The normalized spacial score (nSPS) is 11.9. The molecule has 2 aliphatic heterocycles. The highest BCUT2D eigenvalue weighted by atomic mass is 16.4.